The zero-order chi connectivity index (χ0) is 20.5. The molecule has 0 atom stereocenters. The number of aromatic nitrogens is 5. The molecule has 1 aromatic carbocycles. The molecule has 1 N–H and O–H groups in total. The third-order valence-corrected chi connectivity index (χ3v) is 4.31. The lowest BCUT2D eigenvalue weighted by atomic mass is 10.1. The largest absolute Gasteiger partial charge is 0.497 e. The minimum atomic E-state index is -0.447. The summed E-state index contributed by atoms with van der Waals surface area (Å²) in [6.45, 7) is 3.17. The van der Waals surface area contributed by atoms with E-state index in [1.165, 1.54) is 4.40 Å². The van der Waals surface area contributed by atoms with Crippen LogP contribution >= 0.6 is 0 Å². The van der Waals surface area contributed by atoms with E-state index in [-0.39, 0.29) is 12.4 Å². The van der Waals surface area contributed by atoms with Gasteiger partial charge in [0, 0.05) is 17.7 Å². The minimum absolute atomic E-state index is 0.260. The highest BCUT2D eigenvalue weighted by Gasteiger charge is 2.15. The first-order valence-corrected chi connectivity index (χ1v) is 8.79. The Balaban J connectivity index is 1.64. The monoisotopic (exact) mass is 394 g/mol. The van der Waals surface area contributed by atoms with Crippen LogP contribution in [0, 0.1) is 13.8 Å². The summed E-state index contributed by atoms with van der Waals surface area (Å²) in [5.74, 6) is 1.61. The molecule has 0 fully saturated rings. The number of methoxy groups -OCH3 is 1. The maximum atomic E-state index is 12.7. The number of hydrogen-bond acceptors (Lipinski definition) is 7. The van der Waals surface area contributed by atoms with Crippen LogP contribution in [0.4, 0.5) is 5.82 Å². The van der Waals surface area contributed by atoms with Crippen LogP contribution < -0.4 is 15.7 Å². The number of benzene rings is 1. The average molecular weight is 394 g/mol. The normalized spacial score (nSPS) is 11.0. The van der Waals surface area contributed by atoms with Crippen LogP contribution in [0.3, 0.4) is 0 Å². The molecule has 0 saturated heterocycles. The van der Waals surface area contributed by atoms with E-state index in [2.05, 4.69) is 20.6 Å². The van der Waals surface area contributed by atoms with Crippen LogP contribution in [-0.2, 0) is 11.3 Å². The van der Waals surface area contributed by atoms with E-state index in [1.54, 1.807) is 33.1 Å². The van der Waals surface area contributed by atoms with E-state index in [0.717, 1.165) is 16.0 Å². The van der Waals surface area contributed by atoms with Crippen molar-refractivity contribution >= 4 is 17.4 Å². The molecule has 4 rings (SSSR count). The van der Waals surface area contributed by atoms with Crippen LogP contribution in [-0.4, -0.2) is 37.3 Å². The fraction of sp³-hybridized carbons (Fsp3) is 0.211. The second kappa shape index (κ2) is 7.23. The summed E-state index contributed by atoms with van der Waals surface area (Å²) in [6, 6.07) is 10.7. The summed E-state index contributed by atoms with van der Waals surface area (Å²) in [7, 11) is 1.60. The van der Waals surface area contributed by atoms with Gasteiger partial charge < -0.3 is 14.6 Å². The van der Waals surface area contributed by atoms with Crippen LogP contribution in [0.2, 0.25) is 0 Å². The Kier molecular flexibility index (Phi) is 4.59. The van der Waals surface area contributed by atoms with E-state index in [1.807, 2.05) is 24.3 Å². The first-order valence-electron chi connectivity index (χ1n) is 8.79. The van der Waals surface area contributed by atoms with Gasteiger partial charge in [-0.3, -0.25) is 4.79 Å². The summed E-state index contributed by atoms with van der Waals surface area (Å²) >= 11 is 0. The molecule has 0 unspecified atom stereocenters. The summed E-state index contributed by atoms with van der Waals surface area (Å²) in [5, 5.41) is 10.5. The third kappa shape index (κ3) is 3.59. The average Bonchev–Trinajstić information content (AvgIpc) is 3.24. The quantitative estimate of drug-likeness (QED) is 0.549. The molecule has 0 aliphatic carbocycles. The highest BCUT2D eigenvalue weighted by Crippen LogP contribution is 2.21. The van der Waals surface area contributed by atoms with E-state index in [0.29, 0.717) is 22.9 Å². The number of hydrogen-bond donors (Lipinski definition) is 1. The number of fused-ring (bicyclic) bond motifs is 1. The fourth-order valence-electron chi connectivity index (χ4n) is 2.96. The van der Waals surface area contributed by atoms with Gasteiger partial charge in [-0.15, -0.1) is 5.10 Å². The number of anilines is 1. The lowest BCUT2D eigenvalue weighted by Crippen LogP contribution is -2.29. The first kappa shape index (κ1) is 18.4. The summed E-state index contributed by atoms with van der Waals surface area (Å²) < 4.78 is 12.5. The van der Waals surface area contributed by atoms with Gasteiger partial charge in [0.25, 0.3) is 0 Å². The lowest BCUT2D eigenvalue weighted by Gasteiger charge is -2.05. The van der Waals surface area contributed by atoms with Crippen molar-refractivity contribution < 1.29 is 14.1 Å². The predicted octanol–water partition coefficient (Wildman–Crippen LogP) is 1.81. The Morgan fingerprint density at radius 2 is 1.97 bits per heavy atom. The smallest absolute Gasteiger partial charge is 0.352 e. The van der Waals surface area contributed by atoms with Gasteiger partial charge in [0.15, 0.2) is 11.5 Å². The summed E-state index contributed by atoms with van der Waals surface area (Å²) in [4.78, 5) is 29.4. The SMILES string of the molecule is COc1ccc(-c2cc3nn(CC(=O)Nc4cc(C)on4)c(=O)n3c(C)n2)cc1. The van der Waals surface area contributed by atoms with Crippen LogP contribution in [0.15, 0.2) is 45.7 Å². The fourth-order valence-corrected chi connectivity index (χ4v) is 2.96. The van der Waals surface area contributed by atoms with Gasteiger partial charge >= 0.3 is 5.69 Å². The summed E-state index contributed by atoms with van der Waals surface area (Å²) in [6.07, 6.45) is 0. The zero-order valence-corrected chi connectivity index (χ0v) is 16.0. The minimum Gasteiger partial charge on any atom is -0.497 e. The number of aryl methyl sites for hydroxylation is 2. The second-order valence-electron chi connectivity index (χ2n) is 6.42. The van der Waals surface area contributed by atoms with Crippen molar-refractivity contribution in [2.75, 3.05) is 12.4 Å². The maximum Gasteiger partial charge on any atom is 0.352 e. The number of carbonyl (C=O) groups is 1. The molecule has 0 saturated carbocycles. The van der Waals surface area contributed by atoms with Gasteiger partial charge in [-0.2, -0.15) is 0 Å². The van der Waals surface area contributed by atoms with Crippen molar-refractivity contribution in [2.45, 2.75) is 20.4 Å². The van der Waals surface area contributed by atoms with Gasteiger partial charge in [-0.1, -0.05) is 5.16 Å². The van der Waals surface area contributed by atoms with Crippen molar-refractivity contribution in [3.05, 3.63) is 58.5 Å². The van der Waals surface area contributed by atoms with E-state index < -0.39 is 11.6 Å². The lowest BCUT2D eigenvalue weighted by molar-refractivity contribution is -0.117. The Morgan fingerprint density at radius 3 is 2.62 bits per heavy atom. The Labute approximate surface area is 164 Å². The Morgan fingerprint density at radius 1 is 1.21 bits per heavy atom. The van der Waals surface area contributed by atoms with Crippen LogP contribution in [0.1, 0.15) is 11.6 Å². The molecule has 29 heavy (non-hydrogen) atoms. The highest BCUT2D eigenvalue weighted by molar-refractivity contribution is 5.89. The van der Waals surface area contributed by atoms with Crippen LogP contribution in [0.25, 0.3) is 16.9 Å². The number of nitrogens with zero attached hydrogens (tertiary/aromatic N) is 5. The van der Waals surface area contributed by atoms with E-state index in [9.17, 15) is 9.59 Å². The van der Waals surface area contributed by atoms with Gasteiger partial charge in [-0.05, 0) is 38.1 Å². The predicted molar refractivity (Wildman–Crippen MR) is 104 cm³/mol. The number of rotatable bonds is 5. The van der Waals surface area contributed by atoms with Crippen molar-refractivity contribution in [2.24, 2.45) is 0 Å². The molecule has 3 heterocycles. The Hall–Kier alpha value is -3.95. The molecular formula is C19H18N6O4. The zero-order valence-electron chi connectivity index (χ0n) is 16.0. The van der Waals surface area contributed by atoms with Crippen molar-refractivity contribution in [1.29, 1.82) is 0 Å². The van der Waals surface area contributed by atoms with Gasteiger partial charge in [0.2, 0.25) is 5.91 Å². The molecule has 148 valence electrons. The molecule has 10 heteroatoms. The highest BCUT2D eigenvalue weighted by atomic mass is 16.5. The molecule has 0 bridgehead atoms. The van der Waals surface area contributed by atoms with Crippen molar-refractivity contribution in [3.8, 4) is 17.0 Å². The van der Waals surface area contributed by atoms with E-state index >= 15 is 0 Å². The van der Waals surface area contributed by atoms with Crippen LogP contribution in [0.5, 0.6) is 5.75 Å². The number of ether oxygens (including phenoxy) is 1. The van der Waals surface area contributed by atoms with Gasteiger partial charge in [0.1, 0.15) is 23.9 Å². The van der Waals surface area contributed by atoms with Crippen molar-refractivity contribution in [3.63, 3.8) is 0 Å². The van der Waals surface area contributed by atoms with E-state index in [4.69, 9.17) is 9.26 Å². The molecular weight excluding hydrogens is 376 g/mol. The van der Waals surface area contributed by atoms with Crippen molar-refractivity contribution in [1.82, 2.24) is 24.3 Å². The molecule has 0 spiro atoms. The third-order valence-electron chi connectivity index (χ3n) is 4.31. The first-order chi connectivity index (χ1) is 13.9. The maximum absolute atomic E-state index is 12.7. The number of carbonyl (C=O) groups excluding carboxylic acids is 1. The molecule has 3 aromatic heterocycles. The molecule has 4 aromatic rings. The molecule has 0 aliphatic rings. The topological polar surface area (TPSA) is 117 Å². The molecule has 0 radical (unpaired) electrons. The molecule has 1 amide bonds. The standard InChI is InChI=1S/C19H18N6O4/c1-11-8-16(23-29-11)21-18(26)10-24-19(27)25-12(2)20-15(9-17(25)22-24)13-4-6-14(28-3)7-5-13/h4-9H,10H2,1-3H3,(H,21,23,26). The number of nitrogens with one attached hydrogen (secondary N) is 1. The second-order valence-corrected chi connectivity index (χ2v) is 6.42. The molecule has 0 aliphatic heterocycles. The molecule has 10 nitrogen and oxygen atoms in total. The van der Waals surface area contributed by atoms with Gasteiger partial charge in [-0.25, -0.2) is 18.9 Å². The van der Waals surface area contributed by atoms with Gasteiger partial charge in [0.05, 0.1) is 12.8 Å². The number of amides is 1. The Bertz CT molecular complexity index is 1250. The summed E-state index contributed by atoms with van der Waals surface area (Å²) in [5.41, 5.74) is 1.48.